The number of amides is 1. The van der Waals surface area contributed by atoms with Gasteiger partial charge in [0, 0.05) is 12.8 Å². The molecule has 0 aromatic rings. The van der Waals surface area contributed by atoms with Crippen molar-refractivity contribution >= 4 is 11.9 Å². The summed E-state index contributed by atoms with van der Waals surface area (Å²) < 4.78 is 5.50. The van der Waals surface area contributed by atoms with Crippen molar-refractivity contribution in [2.45, 2.75) is 379 Å². The third kappa shape index (κ3) is 57.7. The van der Waals surface area contributed by atoms with Gasteiger partial charge in [-0.15, -0.1) is 0 Å². The van der Waals surface area contributed by atoms with Gasteiger partial charge in [-0.25, -0.2) is 0 Å². The standard InChI is InChI=1S/C65H127NO5/c1-3-5-7-9-11-13-15-17-19-21-23-25-29-33-37-41-45-49-53-57-63(68)62(61-67)66-64(69)58-54-50-46-42-38-34-30-27-28-32-36-40-44-48-52-56-60-71-65(70)59-55-51-47-43-39-35-31-26-24-22-20-18-16-14-12-10-8-6-4-2/h53,57,62-63,67-68H,3-52,54-56,58-61H2,1-2H3,(H,66,69)/b57-53+. The number of rotatable bonds is 61. The van der Waals surface area contributed by atoms with E-state index in [0.29, 0.717) is 19.4 Å². The number of nitrogens with one attached hydrogen (secondary N) is 1. The van der Waals surface area contributed by atoms with Gasteiger partial charge in [0.15, 0.2) is 0 Å². The molecule has 0 aromatic heterocycles. The molecular formula is C65H127NO5. The van der Waals surface area contributed by atoms with Crippen LogP contribution in [0.3, 0.4) is 0 Å². The topological polar surface area (TPSA) is 95.9 Å². The van der Waals surface area contributed by atoms with Gasteiger partial charge in [0.1, 0.15) is 0 Å². The molecule has 71 heavy (non-hydrogen) atoms. The summed E-state index contributed by atoms with van der Waals surface area (Å²) in [5.41, 5.74) is 0. The molecule has 0 aromatic carbocycles. The number of aliphatic hydroxyl groups is 2. The van der Waals surface area contributed by atoms with E-state index in [0.717, 1.165) is 38.5 Å². The zero-order valence-corrected chi connectivity index (χ0v) is 48.2. The normalized spacial score (nSPS) is 12.6. The van der Waals surface area contributed by atoms with E-state index in [1.807, 2.05) is 6.08 Å². The lowest BCUT2D eigenvalue weighted by Crippen LogP contribution is -2.45. The van der Waals surface area contributed by atoms with E-state index in [2.05, 4.69) is 19.2 Å². The van der Waals surface area contributed by atoms with Crippen molar-refractivity contribution < 1.29 is 24.5 Å². The zero-order valence-electron chi connectivity index (χ0n) is 48.2. The van der Waals surface area contributed by atoms with Crippen molar-refractivity contribution in [2.75, 3.05) is 13.2 Å². The monoisotopic (exact) mass is 1000 g/mol. The Kier molecular flexibility index (Phi) is 59.9. The van der Waals surface area contributed by atoms with Gasteiger partial charge in [0.25, 0.3) is 0 Å². The second-order valence-electron chi connectivity index (χ2n) is 22.5. The Balaban J connectivity index is 3.42. The Morgan fingerprint density at radius 2 is 0.648 bits per heavy atom. The minimum atomic E-state index is -0.849. The summed E-state index contributed by atoms with van der Waals surface area (Å²) in [6.45, 7) is 4.93. The number of carbonyl (C=O) groups excluding carboxylic acids is 2. The predicted octanol–water partition coefficient (Wildman–Crippen LogP) is 20.4. The van der Waals surface area contributed by atoms with Gasteiger partial charge in [0.2, 0.25) is 5.91 Å². The average Bonchev–Trinajstić information content (AvgIpc) is 3.37. The molecule has 0 saturated carbocycles. The number of ether oxygens (including phenoxy) is 1. The molecule has 0 spiro atoms. The third-order valence-corrected chi connectivity index (χ3v) is 15.3. The van der Waals surface area contributed by atoms with Crippen LogP contribution in [0.1, 0.15) is 367 Å². The Bertz CT molecular complexity index is 1060. The summed E-state index contributed by atoms with van der Waals surface area (Å²) in [7, 11) is 0. The molecular weight excluding hydrogens is 875 g/mol. The van der Waals surface area contributed by atoms with Gasteiger partial charge in [-0.2, -0.15) is 0 Å². The maximum Gasteiger partial charge on any atom is 0.305 e. The average molecular weight is 1000 g/mol. The minimum Gasteiger partial charge on any atom is -0.466 e. The number of allylic oxidation sites excluding steroid dienone is 1. The molecule has 0 saturated heterocycles. The molecule has 6 nitrogen and oxygen atoms in total. The van der Waals surface area contributed by atoms with Crippen molar-refractivity contribution in [2.24, 2.45) is 0 Å². The van der Waals surface area contributed by atoms with Crippen LogP contribution < -0.4 is 5.32 Å². The first kappa shape index (κ1) is 69.6. The lowest BCUT2D eigenvalue weighted by molar-refractivity contribution is -0.143. The fourth-order valence-corrected chi connectivity index (χ4v) is 10.3. The molecule has 2 unspecified atom stereocenters. The molecule has 6 heteroatoms. The van der Waals surface area contributed by atoms with Crippen molar-refractivity contribution in [3.8, 4) is 0 Å². The summed E-state index contributed by atoms with van der Waals surface area (Å²) in [5, 5.41) is 23.2. The van der Waals surface area contributed by atoms with Gasteiger partial charge in [-0.05, 0) is 32.1 Å². The molecule has 1 amide bonds. The zero-order chi connectivity index (χ0) is 51.4. The smallest absolute Gasteiger partial charge is 0.305 e. The van der Waals surface area contributed by atoms with Gasteiger partial charge < -0.3 is 20.3 Å². The molecule has 0 rings (SSSR count). The summed E-state index contributed by atoms with van der Waals surface area (Å²) in [6, 6.07) is -0.633. The first-order valence-electron chi connectivity index (χ1n) is 32.5. The Hall–Kier alpha value is -1.40. The second-order valence-corrected chi connectivity index (χ2v) is 22.5. The van der Waals surface area contributed by atoms with E-state index >= 15 is 0 Å². The van der Waals surface area contributed by atoms with Crippen LogP contribution in [0.25, 0.3) is 0 Å². The van der Waals surface area contributed by atoms with Crippen LogP contribution in [0.15, 0.2) is 12.2 Å². The van der Waals surface area contributed by atoms with Gasteiger partial charge in [-0.1, -0.05) is 334 Å². The SMILES string of the molecule is CCCCCCCCCCCCCCCCCCC/C=C/C(O)C(CO)NC(=O)CCCCCCCCCCCCCCCCCCOC(=O)CCCCCCCCCCCCCCCCCCCCC. The highest BCUT2D eigenvalue weighted by Gasteiger charge is 2.18. The molecule has 0 fully saturated rings. The van der Waals surface area contributed by atoms with Crippen molar-refractivity contribution in [1.82, 2.24) is 5.32 Å². The molecule has 0 bridgehead atoms. The summed E-state index contributed by atoms with van der Waals surface area (Å²) >= 11 is 0. The number of hydrogen-bond donors (Lipinski definition) is 3. The van der Waals surface area contributed by atoms with E-state index in [-0.39, 0.29) is 18.5 Å². The van der Waals surface area contributed by atoms with E-state index < -0.39 is 12.1 Å². The molecule has 422 valence electrons. The molecule has 2 atom stereocenters. The van der Waals surface area contributed by atoms with Crippen LogP contribution in [0.5, 0.6) is 0 Å². The van der Waals surface area contributed by atoms with E-state index in [1.165, 1.54) is 302 Å². The summed E-state index contributed by atoms with van der Waals surface area (Å²) in [5.74, 6) is -0.0628. The van der Waals surface area contributed by atoms with Crippen LogP contribution in [0.4, 0.5) is 0 Å². The molecule has 0 aliphatic heterocycles. The lowest BCUT2D eigenvalue weighted by atomic mass is 10.0. The molecule has 0 heterocycles. The van der Waals surface area contributed by atoms with E-state index in [9.17, 15) is 19.8 Å². The van der Waals surface area contributed by atoms with Crippen molar-refractivity contribution in [1.29, 1.82) is 0 Å². The van der Waals surface area contributed by atoms with E-state index in [1.54, 1.807) is 6.08 Å². The first-order valence-corrected chi connectivity index (χ1v) is 32.5. The van der Waals surface area contributed by atoms with Gasteiger partial charge >= 0.3 is 5.97 Å². The Morgan fingerprint density at radius 1 is 0.380 bits per heavy atom. The molecule has 0 radical (unpaired) electrons. The van der Waals surface area contributed by atoms with Crippen LogP contribution in [0, 0.1) is 0 Å². The highest BCUT2D eigenvalue weighted by Crippen LogP contribution is 2.18. The van der Waals surface area contributed by atoms with E-state index in [4.69, 9.17) is 4.74 Å². The highest BCUT2D eigenvalue weighted by atomic mass is 16.5. The molecule has 0 aliphatic carbocycles. The van der Waals surface area contributed by atoms with Crippen LogP contribution in [-0.4, -0.2) is 47.4 Å². The lowest BCUT2D eigenvalue weighted by Gasteiger charge is -2.20. The number of aliphatic hydroxyl groups excluding tert-OH is 2. The minimum absolute atomic E-state index is 0.00799. The van der Waals surface area contributed by atoms with Crippen LogP contribution >= 0.6 is 0 Å². The van der Waals surface area contributed by atoms with Crippen LogP contribution in [-0.2, 0) is 14.3 Å². The Morgan fingerprint density at radius 3 is 0.958 bits per heavy atom. The fourth-order valence-electron chi connectivity index (χ4n) is 10.3. The number of carbonyl (C=O) groups is 2. The largest absolute Gasteiger partial charge is 0.466 e. The van der Waals surface area contributed by atoms with Crippen molar-refractivity contribution in [3.05, 3.63) is 12.2 Å². The summed E-state index contributed by atoms with van der Waals surface area (Å²) in [4.78, 5) is 24.6. The number of hydrogen-bond acceptors (Lipinski definition) is 5. The third-order valence-electron chi connectivity index (χ3n) is 15.3. The van der Waals surface area contributed by atoms with Crippen molar-refractivity contribution in [3.63, 3.8) is 0 Å². The quantitative estimate of drug-likeness (QED) is 0.0320. The van der Waals surface area contributed by atoms with Gasteiger partial charge in [-0.3, -0.25) is 9.59 Å². The number of unbranched alkanes of at least 4 members (excludes halogenated alkanes) is 50. The predicted molar refractivity (Wildman–Crippen MR) is 310 cm³/mol. The highest BCUT2D eigenvalue weighted by molar-refractivity contribution is 5.76. The fraction of sp³-hybridized carbons (Fsp3) is 0.938. The molecule has 0 aliphatic rings. The maximum absolute atomic E-state index is 12.5. The number of esters is 1. The van der Waals surface area contributed by atoms with Gasteiger partial charge in [0.05, 0.1) is 25.4 Å². The Labute approximate surface area is 444 Å². The van der Waals surface area contributed by atoms with Crippen LogP contribution in [0.2, 0.25) is 0 Å². The maximum atomic E-state index is 12.5. The molecule has 3 N–H and O–H groups in total. The first-order chi connectivity index (χ1) is 35.0. The second kappa shape index (κ2) is 61.1. The summed E-state index contributed by atoms with van der Waals surface area (Å²) in [6.07, 6.45) is 74.0.